The number of hydrogen-bond donors (Lipinski definition) is 0. The van der Waals surface area contributed by atoms with E-state index in [1.165, 1.54) is 0 Å². The molecule has 1 saturated heterocycles. The summed E-state index contributed by atoms with van der Waals surface area (Å²) >= 11 is 0. The number of methoxy groups -OCH3 is 1. The molecule has 3 heteroatoms. The van der Waals surface area contributed by atoms with Crippen LogP contribution in [0, 0.1) is 11.8 Å². The first kappa shape index (κ1) is 10.7. The van der Waals surface area contributed by atoms with Crippen molar-refractivity contribution < 1.29 is 14.3 Å². The van der Waals surface area contributed by atoms with Crippen molar-refractivity contribution in [3.05, 3.63) is 0 Å². The molecule has 0 radical (unpaired) electrons. The van der Waals surface area contributed by atoms with E-state index in [0.717, 1.165) is 0 Å². The van der Waals surface area contributed by atoms with Crippen molar-refractivity contribution in [1.29, 1.82) is 0 Å². The second-order valence-electron chi connectivity index (χ2n) is 4.05. The van der Waals surface area contributed by atoms with Crippen LogP contribution in [0.15, 0.2) is 0 Å². The SMILES string of the molecule is CO[C@H]1O[C@@H](C(C)C)C(=O)C[C@@H]1C. The van der Waals surface area contributed by atoms with E-state index < -0.39 is 0 Å². The molecule has 3 atom stereocenters. The topological polar surface area (TPSA) is 35.5 Å². The van der Waals surface area contributed by atoms with Crippen LogP contribution in [0.2, 0.25) is 0 Å². The zero-order valence-electron chi connectivity index (χ0n) is 8.74. The molecule has 0 saturated carbocycles. The fourth-order valence-corrected chi connectivity index (χ4v) is 1.70. The smallest absolute Gasteiger partial charge is 0.162 e. The van der Waals surface area contributed by atoms with Crippen LogP contribution in [-0.2, 0) is 14.3 Å². The molecule has 0 aromatic carbocycles. The van der Waals surface area contributed by atoms with Gasteiger partial charge in [0, 0.05) is 19.4 Å². The van der Waals surface area contributed by atoms with E-state index in [4.69, 9.17) is 9.47 Å². The van der Waals surface area contributed by atoms with Gasteiger partial charge in [0.1, 0.15) is 6.10 Å². The summed E-state index contributed by atoms with van der Waals surface area (Å²) in [6.07, 6.45) is 0.0766. The normalized spacial score (nSPS) is 35.5. The molecule has 0 aromatic heterocycles. The second kappa shape index (κ2) is 4.20. The maximum Gasteiger partial charge on any atom is 0.162 e. The van der Waals surface area contributed by atoms with E-state index in [1.54, 1.807) is 7.11 Å². The van der Waals surface area contributed by atoms with Crippen molar-refractivity contribution in [2.24, 2.45) is 11.8 Å². The standard InChI is InChI=1S/C10H18O3/c1-6(2)9-8(11)5-7(3)10(12-4)13-9/h6-7,9-10H,5H2,1-4H3/t7-,9-,10-/m0/s1. The zero-order chi connectivity index (χ0) is 10.0. The molecule has 0 unspecified atom stereocenters. The maximum absolute atomic E-state index is 11.5. The van der Waals surface area contributed by atoms with E-state index in [1.807, 2.05) is 20.8 Å². The van der Waals surface area contributed by atoms with Crippen molar-refractivity contribution in [2.45, 2.75) is 39.6 Å². The highest BCUT2D eigenvalue weighted by atomic mass is 16.7. The Labute approximate surface area is 79.4 Å². The van der Waals surface area contributed by atoms with Gasteiger partial charge in [-0.25, -0.2) is 0 Å². The molecule has 1 aliphatic heterocycles. The van der Waals surface area contributed by atoms with Gasteiger partial charge >= 0.3 is 0 Å². The predicted molar refractivity (Wildman–Crippen MR) is 49.3 cm³/mol. The summed E-state index contributed by atoms with van der Waals surface area (Å²) in [5.74, 6) is 0.612. The number of carbonyl (C=O) groups is 1. The highest BCUT2D eigenvalue weighted by Gasteiger charge is 2.35. The van der Waals surface area contributed by atoms with Gasteiger partial charge in [-0.1, -0.05) is 20.8 Å². The third kappa shape index (κ3) is 2.29. The third-order valence-electron chi connectivity index (χ3n) is 2.42. The molecule has 0 aromatic rings. The molecule has 1 rings (SSSR count). The van der Waals surface area contributed by atoms with Crippen LogP contribution < -0.4 is 0 Å². The molecule has 13 heavy (non-hydrogen) atoms. The van der Waals surface area contributed by atoms with Crippen molar-refractivity contribution in [3.8, 4) is 0 Å². The first-order chi connectivity index (χ1) is 6.06. The fourth-order valence-electron chi connectivity index (χ4n) is 1.70. The first-order valence-electron chi connectivity index (χ1n) is 4.77. The van der Waals surface area contributed by atoms with Crippen LogP contribution >= 0.6 is 0 Å². The van der Waals surface area contributed by atoms with Crippen molar-refractivity contribution in [1.82, 2.24) is 0 Å². The van der Waals surface area contributed by atoms with Gasteiger partial charge in [-0.05, 0) is 5.92 Å². The lowest BCUT2D eigenvalue weighted by Gasteiger charge is -2.34. The molecule has 76 valence electrons. The minimum atomic E-state index is -0.277. The van der Waals surface area contributed by atoms with Gasteiger partial charge in [0.15, 0.2) is 12.1 Å². The molecule has 3 nitrogen and oxygen atoms in total. The quantitative estimate of drug-likeness (QED) is 0.657. The van der Waals surface area contributed by atoms with Crippen molar-refractivity contribution in [3.63, 3.8) is 0 Å². The van der Waals surface area contributed by atoms with E-state index in [0.29, 0.717) is 6.42 Å². The van der Waals surface area contributed by atoms with Crippen molar-refractivity contribution >= 4 is 5.78 Å². The molecule has 0 amide bonds. The van der Waals surface area contributed by atoms with Gasteiger partial charge in [-0.15, -0.1) is 0 Å². The Morgan fingerprint density at radius 3 is 2.62 bits per heavy atom. The van der Waals surface area contributed by atoms with Gasteiger partial charge in [-0.2, -0.15) is 0 Å². The molecular formula is C10H18O3. The lowest BCUT2D eigenvalue weighted by atomic mass is 9.92. The summed E-state index contributed by atoms with van der Waals surface area (Å²) in [4.78, 5) is 11.5. The lowest BCUT2D eigenvalue weighted by Crippen LogP contribution is -2.43. The average Bonchev–Trinajstić information content (AvgIpc) is 2.03. The molecule has 1 heterocycles. The second-order valence-corrected chi connectivity index (χ2v) is 4.05. The Hall–Kier alpha value is -0.410. The number of ether oxygens (including phenoxy) is 2. The van der Waals surface area contributed by atoms with Crippen LogP contribution in [-0.4, -0.2) is 25.3 Å². The summed E-state index contributed by atoms with van der Waals surface area (Å²) < 4.78 is 10.7. The number of ketones is 1. The number of carbonyl (C=O) groups excluding carboxylic acids is 1. The van der Waals surface area contributed by atoms with Crippen LogP contribution in [0.3, 0.4) is 0 Å². The van der Waals surface area contributed by atoms with E-state index in [2.05, 4.69) is 0 Å². The molecular weight excluding hydrogens is 168 g/mol. The van der Waals surface area contributed by atoms with Gasteiger partial charge in [0.25, 0.3) is 0 Å². The Balaban J connectivity index is 2.63. The lowest BCUT2D eigenvalue weighted by molar-refractivity contribution is -0.211. The van der Waals surface area contributed by atoms with E-state index in [9.17, 15) is 4.79 Å². The van der Waals surface area contributed by atoms with Crippen LogP contribution in [0.1, 0.15) is 27.2 Å². The molecule has 1 aliphatic rings. The highest BCUT2D eigenvalue weighted by molar-refractivity contribution is 5.84. The Kier molecular flexibility index (Phi) is 3.45. The molecule has 0 spiro atoms. The van der Waals surface area contributed by atoms with Gasteiger partial charge in [0.2, 0.25) is 0 Å². The molecule has 0 bridgehead atoms. The number of hydrogen-bond acceptors (Lipinski definition) is 3. The van der Waals surface area contributed by atoms with Crippen LogP contribution in [0.5, 0.6) is 0 Å². The Morgan fingerprint density at radius 2 is 2.15 bits per heavy atom. The number of Topliss-reactive ketones (excluding diaryl/α,β-unsaturated/α-hetero) is 1. The first-order valence-corrected chi connectivity index (χ1v) is 4.77. The van der Waals surface area contributed by atoms with Crippen molar-refractivity contribution in [2.75, 3.05) is 7.11 Å². The van der Waals surface area contributed by atoms with E-state index >= 15 is 0 Å². The van der Waals surface area contributed by atoms with Crippen LogP contribution in [0.25, 0.3) is 0 Å². The monoisotopic (exact) mass is 186 g/mol. The zero-order valence-corrected chi connectivity index (χ0v) is 8.74. The molecule has 0 aliphatic carbocycles. The minimum Gasteiger partial charge on any atom is -0.356 e. The Bertz CT molecular complexity index is 189. The Morgan fingerprint density at radius 1 is 1.54 bits per heavy atom. The van der Waals surface area contributed by atoms with Gasteiger partial charge in [0.05, 0.1) is 0 Å². The van der Waals surface area contributed by atoms with E-state index in [-0.39, 0.29) is 30.0 Å². The van der Waals surface area contributed by atoms with Gasteiger partial charge in [-0.3, -0.25) is 4.79 Å². The third-order valence-corrected chi connectivity index (χ3v) is 2.42. The summed E-state index contributed by atoms with van der Waals surface area (Å²) in [5.41, 5.74) is 0. The highest BCUT2D eigenvalue weighted by Crippen LogP contribution is 2.26. The van der Waals surface area contributed by atoms with Crippen LogP contribution in [0.4, 0.5) is 0 Å². The summed E-state index contributed by atoms with van der Waals surface area (Å²) in [6, 6.07) is 0. The molecule has 0 N–H and O–H groups in total. The summed E-state index contributed by atoms with van der Waals surface area (Å²) in [6.45, 7) is 5.96. The minimum absolute atomic E-state index is 0.174. The summed E-state index contributed by atoms with van der Waals surface area (Å²) in [5, 5.41) is 0. The maximum atomic E-state index is 11.5. The van der Waals surface area contributed by atoms with Gasteiger partial charge < -0.3 is 9.47 Å². The fraction of sp³-hybridized carbons (Fsp3) is 0.900. The average molecular weight is 186 g/mol. The summed E-state index contributed by atoms with van der Waals surface area (Å²) in [7, 11) is 1.62. The molecule has 1 fully saturated rings. The largest absolute Gasteiger partial charge is 0.356 e. The predicted octanol–water partition coefficient (Wildman–Crippen LogP) is 1.61. The number of rotatable bonds is 2.